The zero-order valence-electron chi connectivity index (χ0n) is 6.81. The average molecular weight is 142 g/mol. The van der Waals surface area contributed by atoms with Crippen LogP contribution in [0.2, 0.25) is 0 Å². The Kier molecular flexibility index (Phi) is 4.99. The van der Waals surface area contributed by atoms with Crippen LogP contribution in [0.3, 0.4) is 0 Å². The molecule has 0 atom stereocenters. The molecule has 0 heterocycles. The van der Waals surface area contributed by atoms with Crippen molar-refractivity contribution in [1.82, 2.24) is 5.32 Å². The van der Waals surface area contributed by atoms with Crippen molar-refractivity contribution in [2.75, 3.05) is 0 Å². The summed E-state index contributed by atoms with van der Waals surface area (Å²) in [5, 5.41) is 2.86. The van der Waals surface area contributed by atoms with Gasteiger partial charge in [0.25, 0.3) is 0 Å². The van der Waals surface area contributed by atoms with Gasteiger partial charge < -0.3 is 5.32 Å². The van der Waals surface area contributed by atoms with Gasteiger partial charge in [0.2, 0.25) is 5.91 Å². The van der Waals surface area contributed by atoms with Gasteiger partial charge in [-0.25, -0.2) is 0 Å². The molecule has 0 aliphatic carbocycles. The largest absolute Gasteiger partial charge is 0.353 e. The van der Waals surface area contributed by atoms with Crippen LogP contribution in [-0.4, -0.2) is 11.9 Å². The molecular formula is C8H16NO. The van der Waals surface area contributed by atoms with Crippen molar-refractivity contribution >= 4 is 5.91 Å². The van der Waals surface area contributed by atoms with Gasteiger partial charge in [0, 0.05) is 12.5 Å². The summed E-state index contributed by atoms with van der Waals surface area (Å²) in [6.45, 7) is 7.63. The maximum atomic E-state index is 10.8. The third kappa shape index (κ3) is 3.49. The van der Waals surface area contributed by atoms with E-state index in [0.29, 0.717) is 12.5 Å². The van der Waals surface area contributed by atoms with Crippen LogP contribution >= 0.6 is 0 Å². The van der Waals surface area contributed by atoms with Crippen molar-refractivity contribution in [1.29, 1.82) is 0 Å². The molecule has 0 unspecified atom stereocenters. The Morgan fingerprint density at radius 2 is 2.00 bits per heavy atom. The highest BCUT2D eigenvalue weighted by Crippen LogP contribution is 1.95. The van der Waals surface area contributed by atoms with E-state index in [2.05, 4.69) is 26.1 Å². The molecule has 1 amide bonds. The SMILES string of the molecule is [CH2]CC(=O)NC(CC)CC. The molecule has 0 aromatic heterocycles. The lowest BCUT2D eigenvalue weighted by Crippen LogP contribution is -2.33. The molecule has 0 saturated carbocycles. The van der Waals surface area contributed by atoms with Crippen molar-refractivity contribution in [3.05, 3.63) is 6.92 Å². The summed E-state index contributed by atoms with van der Waals surface area (Å²) in [4.78, 5) is 10.8. The van der Waals surface area contributed by atoms with E-state index in [1.807, 2.05) is 0 Å². The molecule has 0 aliphatic heterocycles. The van der Waals surface area contributed by atoms with Gasteiger partial charge in [-0.2, -0.15) is 0 Å². The molecule has 0 rings (SSSR count). The standard InChI is InChI=1S/C8H16NO/c1-4-7(5-2)9-8(10)6-3/h7H,3-6H2,1-2H3,(H,9,10). The van der Waals surface area contributed by atoms with Crippen molar-refractivity contribution in [2.24, 2.45) is 0 Å². The number of amides is 1. The molecule has 1 radical (unpaired) electrons. The molecule has 0 aromatic rings. The van der Waals surface area contributed by atoms with Crippen molar-refractivity contribution in [3.63, 3.8) is 0 Å². The lowest BCUT2D eigenvalue weighted by atomic mass is 10.2. The minimum absolute atomic E-state index is 0.0497. The lowest BCUT2D eigenvalue weighted by Gasteiger charge is -2.13. The van der Waals surface area contributed by atoms with Gasteiger partial charge in [0.05, 0.1) is 0 Å². The fourth-order valence-electron chi connectivity index (χ4n) is 0.793. The van der Waals surface area contributed by atoms with Gasteiger partial charge in [0.1, 0.15) is 0 Å². The van der Waals surface area contributed by atoms with Crippen LogP contribution in [0.1, 0.15) is 33.1 Å². The number of rotatable bonds is 4. The molecule has 0 bridgehead atoms. The Morgan fingerprint density at radius 3 is 2.30 bits per heavy atom. The minimum atomic E-state index is 0.0497. The Balaban J connectivity index is 3.52. The quantitative estimate of drug-likeness (QED) is 0.633. The minimum Gasteiger partial charge on any atom is -0.353 e. The average Bonchev–Trinajstić information content (AvgIpc) is 1.99. The number of nitrogens with one attached hydrogen (secondary N) is 1. The van der Waals surface area contributed by atoms with Gasteiger partial charge in [-0.1, -0.05) is 13.8 Å². The predicted octanol–water partition coefficient (Wildman–Crippen LogP) is 1.52. The molecule has 2 heteroatoms. The molecule has 1 N–H and O–H groups in total. The van der Waals surface area contributed by atoms with Crippen LogP contribution in [0.4, 0.5) is 0 Å². The van der Waals surface area contributed by atoms with E-state index in [1.165, 1.54) is 0 Å². The molecule has 0 aliphatic rings. The van der Waals surface area contributed by atoms with E-state index in [0.717, 1.165) is 12.8 Å². The van der Waals surface area contributed by atoms with Gasteiger partial charge >= 0.3 is 0 Å². The van der Waals surface area contributed by atoms with Gasteiger partial charge in [-0.05, 0) is 19.8 Å². The van der Waals surface area contributed by atoms with Gasteiger partial charge in [-0.3, -0.25) is 4.79 Å². The van der Waals surface area contributed by atoms with Gasteiger partial charge in [-0.15, -0.1) is 0 Å². The maximum absolute atomic E-state index is 10.8. The smallest absolute Gasteiger partial charge is 0.220 e. The molecule has 0 aromatic carbocycles. The molecule has 59 valence electrons. The zero-order valence-corrected chi connectivity index (χ0v) is 6.81. The summed E-state index contributed by atoms with van der Waals surface area (Å²) in [7, 11) is 0. The highest BCUT2D eigenvalue weighted by molar-refractivity contribution is 5.76. The van der Waals surface area contributed by atoms with Crippen LogP contribution in [0.25, 0.3) is 0 Å². The summed E-state index contributed by atoms with van der Waals surface area (Å²) in [5.74, 6) is 0.0497. The van der Waals surface area contributed by atoms with Crippen LogP contribution in [0, 0.1) is 6.92 Å². The van der Waals surface area contributed by atoms with Crippen molar-refractivity contribution < 1.29 is 4.79 Å². The third-order valence-corrected chi connectivity index (χ3v) is 1.58. The van der Waals surface area contributed by atoms with Crippen LogP contribution in [0.5, 0.6) is 0 Å². The maximum Gasteiger partial charge on any atom is 0.220 e. The number of carbonyl (C=O) groups is 1. The topological polar surface area (TPSA) is 29.1 Å². The van der Waals surface area contributed by atoms with E-state index < -0.39 is 0 Å². The number of carbonyl (C=O) groups excluding carboxylic acids is 1. The first-order valence-corrected chi connectivity index (χ1v) is 3.83. The highest BCUT2D eigenvalue weighted by atomic mass is 16.1. The molecule has 0 spiro atoms. The molecule has 0 saturated heterocycles. The van der Waals surface area contributed by atoms with Crippen LogP contribution in [-0.2, 0) is 4.79 Å². The Hall–Kier alpha value is -0.530. The lowest BCUT2D eigenvalue weighted by molar-refractivity contribution is -0.121. The van der Waals surface area contributed by atoms with Crippen LogP contribution in [0.15, 0.2) is 0 Å². The highest BCUT2D eigenvalue weighted by Gasteiger charge is 2.04. The second-order valence-corrected chi connectivity index (χ2v) is 2.33. The van der Waals surface area contributed by atoms with E-state index in [9.17, 15) is 4.79 Å². The first-order valence-electron chi connectivity index (χ1n) is 3.83. The second-order valence-electron chi connectivity index (χ2n) is 2.33. The fraction of sp³-hybridized carbons (Fsp3) is 0.750. The summed E-state index contributed by atoms with van der Waals surface area (Å²) in [5.41, 5.74) is 0. The van der Waals surface area contributed by atoms with E-state index >= 15 is 0 Å². The number of hydrogen-bond donors (Lipinski definition) is 1. The fourth-order valence-corrected chi connectivity index (χ4v) is 0.793. The summed E-state index contributed by atoms with van der Waals surface area (Å²) >= 11 is 0. The van der Waals surface area contributed by atoms with Crippen LogP contribution < -0.4 is 5.32 Å². The molecule has 0 fully saturated rings. The predicted molar refractivity (Wildman–Crippen MR) is 42.5 cm³/mol. The van der Waals surface area contributed by atoms with Crippen molar-refractivity contribution in [3.8, 4) is 0 Å². The third-order valence-electron chi connectivity index (χ3n) is 1.58. The zero-order chi connectivity index (χ0) is 7.98. The normalized spacial score (nSPS) is 10.0. The van der Waals surface area contributed by atoms with E-state index in [4.69, 9.17) is 0 Å². The number of hydrogen-bond acceptors (Lipinski definition) is 1. The van der Waals surface area contributed by atoms with Crippen molar-refractivity contribution in [2.45, 2.75) is 39.2 Å². The van der Waals surface area contributed by atoms with Gasteiger partial charge in [0.15, 0.2) is 0 Å². The Bertz CT molecular complexity index is 97.4. The summed E-state index contributed by atoms with van der Waals surface area (Å²) in [6, 6.07) is 0.342. The second kappa shape index (κ2) is 5.27. The summed E-state index contributed by atoms with van der Waals surface area (Å²) in [6.07, 6.45) is 2.35. The monoisotopic (exact) mass is 142 g/mol. The molecule has 2 nitrogen and oxygen atoms in total. The van der Waals surface area contributed by atoms with E-state index in [1.54, 1.807) is 0 Å². The Morgan fingerprint density at radius 1 is 1.50 bits per heavy atom. The Labute approximate surface area is 63.0 Å². The molecular weight excluding hydrogens is 126 g/mol. The first kappa shape index (κ1) is 9.47. The first-order chi connectivity index (χ1) is 4.74. The molecule has 10 heavy (non-hydrogen) atoms. The van der Waals surface area contributed by atoms with E-state index in [-0.39, 0.29) is 5.91 Å². The summed E-state index contributed by atoms with van der Waals surface area (Å²) < 4.78 is 0.